The van der Waals surface area contributed by atoms with Gasteiger partial charge in [-0.3, -0.25) is 4.79 Å². The molecule has 5 aliphatic rings. The Hall–Kier alpha value is -2.24. The zero-order valence-electron chi connectivity index (χ0n) is 16.9. The molecule has 4 fully saturated rings. The van der Waals surface area contributed by atoms with Gasteiger partial charge in [0.2, 0.25) is 6.10 Å². The Morgan fingerprint density at radius 1 is 1.10 bits per heavy atom. The topological polar surface area (TPSA) is 73.9 Å². The lowest BCUT2D eigenvalue weighted by Gasteiger charge is -2.59. The average molecular weight is 399 g/mol. The maximum atomic E-state index is 12.5. The zero-order valence-corrected chi connectivity index (χ0v) is 16.9. The van der Waals surface area contributed by atoms with Crippen molar-refractivity contribution in [3.63, 3.8) is 0 Å². The lowest BCUT2D eigenvalue weighted by atomic mass is 9.48. The van der Waals surface area contributed by atoms with Crippen molar-refractivity contribution in [2.45, 2.75) is 57.6 Å². The molecule has 1 aromatic rings. The molecule has 0 aromatic heterocycles. The number of carbonyl (C=O) groups is 2. The van der Waals surface area contributed by atoms with Gasteiger partial charge in [0, 0.05) is 6.04 Å². The van der Waals surface area contributed by atoms with E-state index >= 15 is 0 Å². The Kier molecular flexibility index (Phi) is 4.67. The molecule has 29 heavy (non-hydrogen) atoms. The number of carbonyl (C=O) groups excluding carboxylic acids is 2. The summed E-state index contributed by atoms with van der Waals surface area (Å²) in [4.78, 5) is 24.8. The molecule has 1 aliphatic heterocycles. The molecule has 0 radical (unpaired) electrons. The first kappa shape index (κ1) is 18.8. The van der Waals surface area contributed by atoms with E-state index in [2.05, 4.69) is 12.2 Å². The molecule has 6 nitrogen and oxygen atoms in total. The summed E-state index contributed by atoms with van der Waals surface area (Å²) in [6, 6.07) is 7.30. The molecule has 1 heterocycles. The van der Waals surface area contributed by atoms with Gasteiger partial charge in [-0.05, 0) is 80.8 Å². The van der Waals surface area contributed by atoms with Crippen LogP contribution < -0.4 is 14.8 Å². The van der Waals surface area contributed by atoms with Crippen molar-refractivity contribution in [1.82, 2.24) is 5.32 Å². The number of para-hydroxylation sites is 2. The molecule has 1 aromatic carbocycles. The Morgan fingerprint density at radius 3 is 2.38 bits per heavy atom. The van der Waals surface area contributed by atoms with E-state index in [0.717, 1.165) is 17.8 Å². The SMILES string of the molecule is C[C@@H](NC(=O)COC(=O)[C@H]1COc2ccccc2O1)C12CC3CC(CC(C3)C1)C2. The summed E-state index contributed by atoms with van der Waals surface area (Å²) in [6.07, 6.45) is 6.98. The normalized spacial score (nSPS) is 35.1. The first-order valence-electron chi connectivity index (χ1n) is 10.9. The van der Waals surface area contributed by atoms with Gasteiger partial charge in [-0.1, -0.05) is 12.1 Å². The fourth-order valence-electron chi connectivity index (χ4n) is 6.51. The van der Waals surface area contributed by atoms with Gasteiger partial charge in [-0.2, -0.15) is 0 Å². The van der Waals surface area contributed by atoms with Crippen LogP contribution in [0.2, 0.25) is 0 Å². The number of nitrogens with one attached hydrogen (secondary N) is 1. The molecule has 1 N–H and O–H groups in total. The summed E-state index contributed by atoms with van der Waals surface area (Å²) in [7, 11) is 0. The fourth-order valence-corrected chi connectivity index (χ4v) is 6.51. The number of hydrogen-bond donors (Lipinski definition) is 1. The van der Waals surface area contributed by atoms with Crippen LogP contribution in [0.15, 0.2) is 24.3 Å². The lowest BCUT2D eigenvalue weighted by Crippen LogP contribution is -2.56. The molecule has 0 unspecified atom stereocenters. The van der Waals surface area contributed by atoms with Crippen molar-refractivity contribution >= 4 is 11.9 Å². The third kappa shape index (κ3) is 3.58. The van der Waals surface area contributed by atoms with Crippen LogP contribution in [0, 0.1) is 23.2 Å². The van der Waals surface area contributed by atoms with Crippen LogP contribution in [-0.4, -0.2) is 37.2 Å². The molecule has 4 aliphatic carbocycles. The third-order valence-corrected chi connectivity index (χ3v) is 7.50. The maximum absolute atomic E-state index is 12.5. The number of hydrogen-bond acceptors (Lipinski definition) is 5. The van der Waals surface area contributed by atoms with Crippen LogP contribution in [0.25, 0.3) is 0 Å². The standard InChI is InChI=1S/C23H29NO5/c1-14(23-9-15-6-16(10-23)8-17(7-15)11-23)24-21(25)13-28-22(26)20-12-27-18-4-2-3-5-19(18)29-20/h2-5,14-17,20H,6-13H2,1H3,(H,24,25)/t14-,15?,16?,17?,20-,23?/m1/s1. The first-order valence-corrected chi connectivity index (χ1v) is 10.9. The van der Waals surface area contributed by atoms with Gasteiger partial charge in [-0.25, -0.2) is 4.79 Å². The monoisotopic (exact) mass is 399 g/mol. The van der Waals surface area contributed by atoms with Gasteiger partial charge in [-0.15, -0.1) is 0 Å². The molecular formula is C23H29NO5. The summed E-state index contributed by atoms with van der Waals surface area (Å²) in [6.45, 7) is 1.93. The minimum absolute atomic E-state index is 0.0845. The van der Waals surface area contributed by atoms with E-state index in [4.69, 9.17) is 14.2 Å². The summed E-state index contributed by atoms with van der Waals surface area (Å²) < 4.78 is 16.4. The Bertz CT molecular complexity index is 771. The van der Waals surface area contributed by atoms with Crippen LogP contribution >= 0.6 is 0 Å². The van der Waals surface area contributed by atoms with Crippen molar-refractivity contribution in [3.8, 4) is 11.5 Å². The van der Waals surface area contributed by atoms with Crippen molar-refractivity contribution in [2.75, 3.05) is 13.2 Å². The number of amides is 1. The maximum Gasteiger partial charge on any atom is 0.351 e. The molecule has 1 amide bonds. The van der Waals surface area contributed by atoms with Crippen molar-refractivity contribution in [2.24, 2.45) is 23.2 Å². The number of rotatable bonds is 5. The number of fused-ring (bicyclic) bond motifs is 1. The zero-order chi connectivity index (χ0) is 20.0. The van der Waals surface area contributed by atoms with Crippen LogP contribution in [0.1, 0.15) is 45.4 Å². The van der Waals surface area contributed by atoms with E-state index in [-0.39, 0.29) is 30.6 Å². The van der Waals surface area contributed by atoms with Gasteiger partial charge in [0.1, 0.15) is 6.61 Å². The molecule has 6 rings (SSSR count). The molecule has 0 saturated heterocycles. The summed E-state index contributed by atoms with van der Waals surface area (Å²) in [5, 5.41) is 3.12. The smallest absolute Gasteiger partial charge is 0.351 e. The minimum Gasteiger partial charge on any atom is -0.485 e. The number of esters is 1. The van der Waals surface area contributed by atoms with Crippen LogP contribution in [-0.2, 0) is 14.3 Å². The molecule has 4 bridgehead atoms. The molecule has 6 heteroatoms. The van der Waals surface area contributed by atoms with E-state index in [1.54, 1.807) is 12.1 Å². The lowest BCUT2D eigenvalue weighted by molar-refractivity contribution is -0.158. The second-order valence-electron chi connectivity index (χ2n) is 9.54. The molecule has 4 saturated carbocycles. The fraction of sp³-hybridized carbons (Fsp3) is 0.652. The Balaban J connectivity index is 1.12. The highest BCUT2D eigenvalue weighted by Crippen LogP contribution is 2.61. The van der Waals surface area contributed by atoms with Crippen molar-refractivity contribution in [3.05, 3.63) is 24.3 Å². The van der Waals surface area contributed by atoms with Crippen LogP contribution in [0.4, 0.5) is 0 Å². The third-order valence-electron chi connectivity index (χ3n) is 7.50. The van der Waals surface area contributed by atoms with Crippen LogP contribution in [0.5, 0.6) is 11.5 Å². The number of benzene rings is 1. The Labute approximate surface area is 171 Å². The van der Waals surface area contributed by atoms with Gasteiger partial charge in [0.15, 0.2) is 18.1 Å². The highest BCUT2D eigenvalue weighted by Gasteiger charge is 2.53. The van der Waals surface area contributed by atoms with Gasteiger partial charge < -0.3 is 19.5 Å². The van der Waals surface area contributed by atoms with E-state index in [1.165, 1.54) is 38.5 Å². The first-order chi connectivity index (χ1) is 14.0. The quantitative estimate of drug-likeness (QED) is 0.771. The highest BCUT2D eigenvalue weighted by atomic mass is 16.6. The van der Waals surface area contributed by atoms with E-state index < -0.39 is 12.1 Å². The molecular weight excluding hydrogens is 370 g/mol. The average Bonchev–Trinajstić information content (AvgIpc) is 2.70. The second-order valence-corrected chi connectivity index (χ2v) is 9.54. The molecule has 156 valence electrons. The predicted molar refractivity (Wildman–Crippen MR) is 106 cm³/mol. The van der Waals surface area contributed by atoms with Gasteiger partial charge in [0.25, 0.3) is 5.91 Å². The number of ether oxygens (including phenoxy) is 3. The molecule has 2 atom stereocenters. The van der Waals surface area contributed by atoms with Gasteiger partial charge >= 0.3 is 5.97 Å². The summed E-state index contributed by atoms with van der Waals surface area (Å²) in [5.41, 5.74) is 0.235. The second kappa shape index (κ2) is 7.22. The van der Waals surface area contributed by atoms with Crippen molar-refractivity contribution < 1.29 is 23.8 Å². The molecule has 0 spiro atoms. The largest absolute Gasteiger partial charge is 0.485 e. The van der Waals surface area contributed by atoms with Gasteiger partial charge in [0.05, 0.1) is 0 Å². The van der Waals surface area contributed by atoms with E-state index in [0.29, 0.717) is 11.5 Å². The summed E-state index contributed by atoms with van der Waals surface area (Å²) >= 11 is 0. The minimum atomic E-state index is -0.849. The van der Waals surface area contributed by atoms with Crippen molar-refractivity contribution in [1.29, 1.82) is 0 Å². The van der Waals surface area contributed by atoms with Crippen LogP contribution in [0.3, 0.4) is 0 Å². The van der Waals surface area contributed by atoms with E-state index in [1.807, 2.05) is 12.1 Å². The predicted octanol–water partition coefficient (Wildman–Crippen LogP) is 3.09. The van der Waals surface area contributed by atoms with E-state index in [9.17, 15) is 9.59 Å². The highest BCUT2D eigenvalue weighted by molar-refractivity contribution is 5.82. The summed E-state index contributed by atoms with van der Waals surface area (Å²) in [5.74, 6) is 2.83. The Morgan fingerprint density at radius 2 is 1.72 bits per heavy atom.